The van der Waals surface area contributed by atoms with Gasteiger partial charge in [0, 0.05) is 13.1 Å². The fraction of sp³-hybridized carbons (Fsp3) is 0.938. The summed E-state index contributed by atoms with van der Waals surface area (Å²) in [6.07, 6.45) is 11.8. The smallest absolute Gasteiger partial charge is 0.188 e. The number of piperidine rings is 1. The van der Waals surface area contributed by atoms with E-state index < -0.39 is 0 Å². The number of hydrogen-bond donors (Lipinski definition) is 2. The molecule has 0 radical (unpaired) electrons. The maximum Gasteiger partial charge on any atom is 0.188 e. The van der Waals surface area contributed by atoms with Crippen molar-refractivity contribution in [3.05, 3.63) is 0 Å². The minimum absolute atomic E-state index is 0. The quantitative estimate of drug-likeness (QED) is 0.577. The number of nitrogens with one attached hydrogen (secondary N) is 1. The molecule has 3 nitrogen and oxygen atoms in total. The molecule has 3 N–H and O–H groups in total. The van der Waals surface area contributed by atoms with E-state index in [1.165, 1.54) is 32.1 Å². The van der Waals surface area contributed by atoms with Gasteiger partial charge in [0.1, 0.15) is 0 Å². The number of halogens is 1. The number of rotatable bonds is 1. The number of likely N-dealkylation sites (tertiary alicyclic amines) is 1. The molecule has 0 amide bonds. The molecule has 5 fully saturated rings. The van der Waals surface area contributed by atoms with Gasteiger partial charge in [-0.3, -0.25) is 5.41 Å². The average Bonchev–Trinajstić information content (AvgIpc) is 2.37. The topological polar surface area (TPSA) is 53.1 Å². The van der Waals surface area contributed by atoms with E-state index in [0.717, 1.165) is 36.8 Å². The van der Waals surface area contributed by atoms with Gasteiger partial charge in [-0.2, -0.15) is 0 Å². The lowest BCUT2D eigenvalue weighted by molar-refractivity contribution is -0.0969. The molecule has 1 aliphatic heterocycles. The van der Waals surface area contributed by atoms with E-state index in [-0.39, 0.29) is 18.4 Å². The van der Waals surface area contributed by atoms with Crippen molar-refractivity contribution in [1.82, 2.24) is 4.90 Å². The molecule has 0 aromatic carbocycles. The summed E-state index contributed by atoms with van der Waals surface area (Å²) in [6, 6.07) is 0. The highest BCUT2D eigenvalue weighted by atomic mass is 35.5. The van der Waals surface area contributed by atoms with Crippen LogP contribution in [0.25, 0.3) is 0 Å². The van der Waals surface area contributed by atoms with Crippen LogP contribution in [0.4, 0.5) is 0 Å². The van der Waals surface area contributed by atoms with Crippen LogP contribution >= 0.6 is 12.4 Å². The van der Waals surface area contributed by atoms with Gasteiger partial charge in [-0.1, -0.05) is 0 Å². The highest BCUT2D eigenvalue weighted by Gasteiger charge is 2.54. The Hall–Kier alpha value is -0.440. The van der Waals surface area contributed by atoms with Gasteiger partial charge < -0.3 is 10.6 Å². The first-order valence-electron chi connectivity index (χ1n) is 8.23. The number of hydrogen-bond acceptors (Lipinski definition) is 1. The first kappa shape index (κ1) is 14.5. The van der Waals surface area contributed by atoms with Crippen molar-refractivity contribution in [1.29, 1.82) is 5.41 Å². The summed E-state index contributed by atoms with van der Waals surface area (Å²) in [7, 11) is 0. The SMILES string of the molecule is Cl.N=C(N)N1CCC(C23CC4CC(CC(C4)C2)C3)CC1. The van der Waals surface area contributed by atoms with Crippen molar-refractivity contribution in [2.24, 2.45) is 34.8 Å². The third-order valence-corrected chi connectivity index (χ3v) is 6.79. The van der Waals surface area contributed by atoms with Gasteiger partial charge in [0.25, 0.3) is 0 Å². The minimum Gasteiger partial charge on any atom is -0.370 e. The Morgan fingerprint density at radius 3 is 1.80 bits per heavy atom. The van der Waals surface area contributed by atoms with Gasteiger partial charge in [-0.05, 0) is 80.5 Å². The Labute approximate surface area is 128 Å². The Morgan fingerprint density at radius 1 is 0.950 bits per heavy atom. The molecule has 4 bridgehead atoms. The summed E-state index contributed by atoms with van der Waals surface area (Å²) in [5.41, 5.74) is 6.33. The zero-order valence-electron chi connectivity index (χ0n) is 12.3. The molecule has 5 aliphatic rings. The third-order valence-electron chi connectivity index (χ3n) is 6.79. The van der Waals surface area contributed by atoms with Crippen molar-refractivity contribution in [3.8, 4) is 0 Å². The largest absolute Gasteiger partial charge is 0.370 e. The van der Waals surface area contributed by atoms with Crippen LogP contribution in [0, 0.1) is 34.5 Å². The molecule has 114 valence electrons. The van der Waals surface area contributed by atoms with Crippen molar-refractivity contribution >= 4 is 18.4 Å². The highest BCUT2D eigenvalue weighted by Crippen LogP contribution is 2.64. The van der Waals surface area contributed by atoms with Gasteiger partial charge >= 0.3 is 0 Å². The van der Waals surface area contributed by atoms with E-state index in [0.29, 0.717) is 5.41 Å². The van der Waals surface area contributed by atoms with Crippen LogP contribution in [-0.2, 0) is 0 Å². The Kier molecular flexibility index (Phi) is 3.68. The Morgan fingerprint density at radius 2 is 1.40 bits per heavy atom. The lowest BCUT2D eigenvalue weighted by Crippen LogP contribution is -2.52. The van der Waals surface area contributed by atoms with E-state index in [9.17, 15) is 0 Å². The minimum atomic E-state index is 0. The summed E-state index contributed by atoms with van der Waals surface area (Å²) in [4.78, 5) is 2.07. The molecule has 4 saturated carbocycles. The molecule has 0 spiro atoms. The van der Waals surface area contributed by atoms with E-state index >= 15 is 0 Å². The maximum absolute atomic E-state index is 7.58. The normalized spacial score (nSPS) is 43.4. The molecular weight excluding hydrogens is 270 g/mol. The second-order valence-electron chi connectivity index (χ2n) is 7.93. The highest BCUT2D eigenvalue weighted by molar-refractivity contribution is 5.85. The van der Waals surface area contributed by atoms with E-state index in [1.807, 2.05) is 0 Å². The second-order valence-corrected chi connectivity index (χ2v) is 7.93. The van der Waals surface area contributed by atoms with Gasteiger partial charge in [-0.15, -0.1) is 12.4 Å². The molecule has 4 heteroatoms. The van der Waals surface area contributed by atoms with Crippen LogP contribution in [0.1, 0.15) is 51.4 Å². The lowest BCUT2D eigenvalue weighted by Gasteiger charge is -2.60. The van der Waals surface area contributed by atoms with Crippen LogP contribution in [0.2, 0.25) is 0 Å². The molecule has 1 heterocycles. The Bertz CT molecular complexity index is 352. The molecule has 20 heavy (non-hydrogen) atoms. The first-order chi connectivity index (χ1) is 9.14. The van der Waals surface area contributed by atoms with E-state index in [1.54, 1.807) is 19.3 Å². The molecule has 0 aromatic rings. The number of nitrogens with zero attached hydrogens (tertiary/aromatic N) is 1. The second kappa shape index (κ2) is 5.08. The summed E-state index contributed by atoms with van der Waals surface area (Å²) in [5, 5.41) is 7.58. The monoisotopic (exact) mass is 297 g/mol. The van der Waals surface area contributed by atoms with Crippen LogP contribution in [0.15, 0.2) is 0 Å². The fourth-order valence-corrected chi connectivity index (χ4v) is 6.41. The maximum atomic E-state index is 7.58. The van der Waals surface area contributed by atoms with E-state index in [4.69, 9.17) is 11.1 Å². The van der Waals surface area contributed by atoms with Crippen LogP contribution in [0.3, 0.4) is 0 Å². The summed E-state index contributed by atoms with van der Waals surface area (Å²) in [5.74, 6) is 4.41. The molecule has 0 unspecified atom stereocenters. The van der Waals surface area contributed by atoms with Gasteiger partial charge in [0.2, 0.25) is 0 Å². The van der Waals surface area contributed by atoms with Crippen LogP contribution in [-0.4, -0.2) is 23.9 Å². The molecule has 4 aliphatic carbocycles. The molecule has 0 aromatic heterocycles. The number of nitrogens with two attached hydrogens (primary N) is 1. The summed E-state index contributed by atoms with van der Waals surface area (Å²) < 4.78 is 0. The average molecular weight is 298 g/mol. The molecular formula is C16H28ClN3. The first-order valence-corrected chi connectivity index (χ1v) is 8.23. The van der Waals surface area contributed by atoms with Crippen molar-refractivity contribution in [2.75, 3.05) is 13.1 Å². The molecule has 5 rings (SSSR count). The van der Waals surface area contributed by atoms with Gasteiger partial charge in [0.15, 0.2) is 5.96 Å². The molecule has 0 atom stereocenters. The van der Waals surface area contributed by atoms with E-state index in [2.05, 4.69) is 4.90 Å². The Balaban J connectivity index is 0.00000121. The van der Waals surface area contributed by atoms with Gasteiger partial charge in [0.05, 0.1) is 0 Å². The summed E-state index contributed by atoms with van der Waals surface area (Å²) >= 11 is 0. The third kappa shape index (κ3) is 2.22. The summed E-state index contributed by atoms with van der Waals surface area (Å²) in [6.45, 7) is 2.06. The van der Waals surface area contributed by atoms with Crippen LogP contribution < -0.4 is 5.73 Å². The molecule has 1 saturated heterocycles. The zero-order chi connectivity index (χ0) is 13.0. The predicted molar refractivity (Wildman–Crippen MR) is 84.1 cm³/mol. The van der Waals surface area contributed by atoms with Gasteiger partial charge in [-0.25, -0.2) is 0 Å². The van der Waals surface area contributed by atoms with Crippen molar-refractivity contribution in [3.63, 3.8) is 0 Å². The number of guanidine groups is 1. The lowest BCUT2D eigenvalue weighted by atomic mass is 9.45. The van der Waals surface area contributed by atoms with Crippen molar-refractivity contribution < 1.29 is 0 Å². The predicted octanol–water partition coefficient (Wildman–Crippen LogP) is 3.23. The fourth-order valence-electron chi connectivity index (χ4n) is 6.41. The zero-order valence-corrected chi connectivity index (χ0v) is 13.1. The van der Waals surface area contributed by atoms with Crippen LogP contribution in [0.5, 0.6) is 0 Å². The van der Waals surface area contributed by atoms with Crippen molar-refractivity contribution in [2.45, 2.75) is 51.4 Å². The standard InChI is InChI=1S/C16H27N3.ClH/c17-15(18)19-3-1-14(2-4-19)16-8-11-5-12(9-16)7-13(6-11)10-16;/h11-14H,1-10H2,(H3,17,18);1H.